The molecule has 3 aromatic heterocycles. The van der Waals surface area contributed by atoms with Gasteiger partial charge in [0.2, 0.25) is 0 Å². The van der Waals surface area contributed by atoms with Crippen molar-refractivity contribution < 1.29 is 47.9 Å². The number of aromatic hydroxyl groups is 2. The molecule has 0 amide bonds. The van der Waals surface area contributed by atoms with E-state index in [1.165, 1.54) is 21.9 Å². The maximum atomic E-state index is 12.2. The van der Waals surface area contributed by atoms with Gasteiger partial charge in [-0.25, -0.2) is 0 Å². The zero-order valence-electron chi connectivity index (χ0n) is 72.2. The van der Waals surface area contributed by atoms with E-state index in [4.69, 9.17) is 37.7 Å². The van der Waals surface area contributed by atoms with Gasteiger partial charge in [0.25, 0.3) is 0 Å². The molecule has 18 rings (SSSR count). The van der Waals surface area contributed by atoms with E-state index >= 15 is 0 Å². The number of rotatable bonds is 20. The number of hydrogen-bond donors (Lipinski definition) is 2. The smallest absolute Gasteiger partial charge is 0.498 e. The summed E-state index contributed by atoms with van der Waals surface area (Å²) in [4.78, 5) is 0. The second-order valence-electron chi connectivity index (χ2n) is 34.2. The van der Waals surface area contributed by atoms with E-state index in [9.17, 15) is 10.2 Å². The van der Waals surface area contributed by atoms with Crippen LogP contribution in [-0.4, -0.2) is 79.5 Å². The molecule has 5 heterocycles. The predicted octanol–water partition coefficient (Wildman–Crippen LogP) is 26.9. The van der Waals surface area contributed by atoms with Crippen molar-refractivity contribution in [3.8, 4) is 79.6 Å². The zero-order chi connectivity index (χ0) is 85.6. The molecule has 0 spiro atoms. The highest BCUT2D eigenvalue weighted by molar-refractivity contribution is 14.1. The summed E-state index contributed by atoms with van der Waals surface area (Å²) < 4.78 is 60.5. The Kier molecular flexibility index (Phi) is 24.8. The van der Waals surface area contributed by atoms with Crippen molar-refractivity contribution in [1.29, 1.82) is 0 Å². The minimum absolute atomic E-state index is 0.101. The molecule has 2 fully saturated rings. The average molecular weight is 1850 g/mol. The van der Waals surface area contributed by atoms with Crippen molar-refractivity contribution in [2.75, 3.05) is 6.61 Å². The number of phenolic OH excluding ortho intramolecular Hbond substituents is 2. The van der Waals surface area contributed by atoms with E-state index in [-0.39, 0.29) is 42.2 Å². The summed E-state index contributed by atoms with van der Waals surface area (Å²) in [6.45, 7) is 31.9. The molecule has 16 aromatic rings. The zero-order valence-corrected chi connectivity index (χ0v) is 76.5. The van der Waals surface area contributed by atoms with Crippen LogP contribution in [0.2, 0.25) is 0 Å². The molecule has 0 aliphatic carbocycles. The molecule has 13 aromatic carbocycles. The second kappa shape index (κ2) is 35.6. The Morgan fingerprint density at radius 3 is 1.02 bits per heavy atom. The highest BCUT2D eigenvalue weighted by atomic mass is 127. The molecule has 5 atom stereocenters. The lowest BCUT2D eigenvalue weighted by atomic mass is 9.77. The number of aromatic nitrogens is 3. The Labute approximate surface area is 743 Å². The highest BCUT2D eigenvalue weighted by Gasteiger charge is 2.53. The van der Waals surface area contributed by atoms with Gasteiger partial charge in [0.05, 0.1) is 99.5 Å². The van der Waals surface area contributed by atoms with Crippen molar-refractivity contribution >= 4 is 123 Å². The normalized spacial score (nSPS) is 15.4. The van der Waals surface area contributed by atoms with Gasteiger partial charge < -0.3 is 61.6 Å². The summed E-state index contributed by atoms with van der Waals surface area (Å²) in [5, 5.41) is 31.5. The summed E-state index contributed by atoms with van der Waals surface area (Å²) >= 11 is 4.64. The molecule has 0 radical (unpaired) electrons. The Morgan fingerprint density at radius 2 is 0.672 bits per heavy atom. The van der Waals surface area contributed by atoms with Crippen molar-refractivity contribution in [2.45, 2.75) is 178 Å². The third-order valence-electron chi connectivity index (χ3n) is 23.7. The number of aryl methyl sites for hydroxylation is 7. The number of phenols is 2. The highest BCUT2D eigenvalue weighted by Crippen LogP contribution is 2.48. The van der Waals surface area contributed by atoms with E-state index < -0.39 is 18.3 Å². The second-order valence-corrected chi connectivity index (χ2v) is 36.6. The van der Waals surface area contributed by atoms with Gasteiger partial charge in [-0.3, -0.25) is 0 Å². The number of benzene rings is 13. The lowest BCUT2D eigenvalue weighted by Gasteiger charge is -2.32. The number of fused-ring (bicyclic) bond motifs is 9. The van der Waals surface area contributed by atoms with Crippen LogP contribution in [0.15, 0.2) is 255 Å². The Morgan fingerprint density at radius 1 is 0.369 bits per heavy atom. The van der Waals surface area contributed by atoms with Crippen molar-refractivity contribution in [1.82, 2.24) is 13.7 Å². The quantitative estimate of drug-likeness (QED) is 0.0562. The van der Waals surface area contributed by atoms with Crippen molar-refractivity contribution in [2.24, 2.45) is 0 Å². The first-order valence-electron chi connectivity index (χ1n) is 42.5. The van der Waals surface area contributed by atoms with E-state index in [1.54, 1.807) is 0 Å². The summed E-state index contributed by atoms with van der Waals surface area (Å²) in [6.07, 6.45) is 3.87. The summed E-state index contributed by atoms with van der Waals surface area (Å²) in [5.74, 6) is 4.42. The van der Waals surface area contributed by atoms with Gasteiger partial charge in [0.15, 0.2) is 6.29 Å². The van der Waals surface area contributed by atoms with Gasteiger partial charge in [-0.1, -0.05) is 151 Å². The Balaban J connectivity index is 0.000000156. The van der Waals surface area contributed by atoms with Gasteiger partial charge in [-0.2, -0.15) is 0 Å². The Bertz CT molecular complexity index is 6130. The van der Waals surface area contributed by atoms with E-state index in [2.05, 4.69) is 345 Å². The van der Waals surface area contributed by atoms with Gasteiger partial charge in [0.1, 0.15) is 40.2 Å². The lowest BCUT2D eigenvalue weighted by molar-refractivity contribution is -0.105. The molecule has 1 unspecified atom stereocenters. The lowest BCUT2D eigenvalue weighted by Crippen LogP contribution is -2.41. The van der Waals surface area contributed by atoms with Crippen molar-refractivity contribution in [3.05, 3.63) is 301 Å². The van der Waals surface area contributed by atoms with Crippen LogP contribution in [0.1, 0.15) is 126 Å². The fourth-order valence-electron chi connectivity index (χ4n) is 17.3. The van der Waals surface area contributed by atoms with Crippen LogP contribution in [0.4, 0.5) is 0 Å². The topological polar surface area (TPSA) is 129 Å². The van der Waals surface area contributed by atoms with Crippen LogP contribution in [0.25, 0.3) is 105 Å². The molecule has 2 N–H and O–H groups in total. The number of para-hydroxylation sites is 6. The Hall–Kier alpha value is -10.7. The van der Waals surface area contributed by atoms with Crippen LogP contribution >= 0.6 is 45.2 Å². The van der Waals surface area contributed by atoms with Gasteiger partial charge in [0, 0.05) is 79.3 Å². The minimum Gasteiger partial charge on any atom is -0.505 e. The first kappa shape index (κ1) is 84.9. The number of halogens is 2. The molecule has 2 saturated heterocycles. The number of nitrogens with zero attached hydrogens (tertiary/aromatic N) is 3. The maximum Gasteiger partial charge on any atom is 0.498 e. The first-order valence-corrected chi connectivity index (χ1v) is 44.6. The maximum absolute atomic E-state index is 12.2. The van der Waals surface area contributed by atoms with E-state index in [0.717, 1.165) is 166 Å². The predicted molar refractivity (Wildman–Crippen MR) is 518 cm³/mol. The molecular formula is C106H106BI2N3O10. The van der Waals surface area contributed by atoms with Crippen LogP contribution in [0.3, 0.4) is 0 Å². The van der Waals surface area contributed by atoms with Crippen LogP contribution in [0.5, 0.6) is 40.2 Å². The van der Waals surface area contributed by atoms with Crippen LogP contribution in [0, 0.1) is 55.6 Å². The standard InChI is InChI=1S/C57H50N2O4.C30H34BNO4.C19H22I2O2/c1-34-23-25-54(44(27-34)46-29-36(3)31-52(56(46)60)58-48-19-11-7-15-40(48)41-16-8-12-20-49(41)58)62-38(5)33-39(6)63-55-26-24-35(2)28-45(55)47-30-37(4)32-53(57(47)61)59-50-21-13-9-17-42(50)43-18-10-14-22-51(43)59;1-20-18-23(31-35-29(2,3)30(4,5)36-31)28(34-27-16-10-11-17-33-27)26(19-20)32-24-14-8-6-12-21(24)22-13-7-9-15-25(22)32;1-12-5-7-18(16(20)9-12)22-14(3)11-15(4)23-19-8-6-13(2)10-17(19)21/h7-32,38-39,60-61H,33H2,1-6H3;6-9,12-15,18-19,27H,10-11,16-17H2,1-5H3;5-10,14-15H,11H2,1-4H3/t38-,39+;;14-,15+. The first-order chi connectivity index (χ1) is 58.6. The third kappa shape index (κ3) is 17.5. The summed E-state index contributed by atoms with van der Waals surface area (Å²) in [6, 6.07) is 87.8. The van der Waals surface area contributed by atoms with Crippen LogP contribution < -0.4 is 29.1 Å². The number of ether oxygens (including phenoxy) is 6. The largest absolute Gasteiger partial charge is 0.505 e. The molecule has 13 nitrogen and oxygen atoms in total. The molecule has 0 saturated carbocycles. The molecule has 2 aliphatic rings. The fraction of sp³-hybridized carbons (Fsp3) is 0.264. The molecular weight excluding hydrogens is 1740 g/mol. The van der Waals surface area contributed by atoms with Gasteiger partial charge >= 0.3 is 7.12 Å². The molecule has 622 valence electrons. The average Bonchev–Trinajstić information content (AvgIpc) is 1.59. The molecule has 2 aliphatic heterocycles. The van der Waals surface area contributed by atoms with Crippen LogP contribution in [-0.2, 0) is 14.0 Å². The summed E-state index contributed by atoms with van der Waals surface area (Å²) in [5.41, 5.74) is 19.7. The molecule has 16 heteroatoms. The minimum atomic E-state index is -0.541. The van der Waals surface area contributed by atoms with E-state index in [0.29, 0.717) is 35.7 Å². The number of hydrogen-bond acceptors (Lipinski definition) is 10. The third-order valence-corrected chi connectivity index (χ3v) is 25.4. The molecule has 122 heavy (non-hydrogen) atoms. The molecule has 0 bridgehead atoms. The monoisotopic (exact) mass is 1850 g/mol. The van der Waals surface area contributed by atoms with Gasteiger partial charge in [-0.05, 0) is 305 Å². The fourth-order valence-corrected chi connectivity index (χ4v) is 18.9. The van der Waals surface area contributed by atoms with Crippen molar-refractivity contribution in [3.63, 3.8) is 0 Å². The van der Waals surface area contributed by atoms with Gasteiger partial charge in [-0.15, -0.1) is 0 Å². The van der Waals surface area contributed by atoms with E-state index in [1.807, 2.05) is 72.8 Å². The SMILES string of the molecule is Cc1cc(B2OC(C)(C)C(C)(C)O2)c(OC2CCCCO2)c(-n2c3ccccc3c3ccccc32)c1.Cc1ccc(O[C@H](C)C[C@H](C)Oc2ccc(C)cc2-c2cc(C)cc(-n3c4ccccc4c4ccccc43)c2O)c(-c2cc(C)cc(-n3c4ccccc4c4ccccc43)c2O)c1.Cc1ccc(O[C@H](C)C[C@H](C)Oc2ccc(C)cc2I)c(I)c1. The summed E-state index contributed by atoms with van der Waals surface area (Å²) in [7, 11) is -0.541.